The van der Waals surface area contributed by atoms with E-state index in [-0.39, 0.29) is 16.9 Å². The van der Waals surface area contributed by atoms with E-state index in [2.05, 4.69) is 0 Å². The predicted octanol–water partition coefficient (Wildman–Crippen LogP) is 2.33. The molecule has 0 fully saturated rings. The highest BCUT2D eigenvalue weighted by Crippen LogP contribution is 2.44. The van der Waals surface area contributed by atoms with Gasteiger partial charge in [-0.1, -0.05) is 6.92 Å². The molecule has 3 rings (SSSR count). The summed E-state index contributed by atoms with van der Waals surface area (Å²) in [5.41, 5.74) is -0.927. The number of hydrogen-bond donors (Lipinski definition) is 0. The van der Waals surface area contributed by atoms with E-state index in [0.29, 0.717) is 17.1 Å². The van der Waals surface area contributed by atoms with Crippen LogP contribution in [0.2, 0.25) is 0 Å². The third-order valence-electron chi connectivity index (χ3n) is 3.77. The lowest BCUT2D eigenvalue weighted by Crippen LogP contribution is -2.29. The van der Waals surface area contributed by atoms with Crippen molar-refractivity contribution < 1.29 is 13.6 Å². The molecule has 0 amide bonds. The normalized spacial score (nSPS) is 20.3. The molecule has 19 heavy (non-hydrogen) atoms. The molecule has 100 valence electrons. The number of hydrogen-bond acceptors (Lipinski definition) is 5. The molecule has 1 aliphatic heterocycles. The molecule has 2 aromatic rings. The highest BCUT2D eigenvalue weighted by molar-refractivity contribution is 5.84. The second kappa shape index (κ2) is 3.50. The topological polar surface area (TPSA) is 69.7 Å². The van der Waals surface area contributed by atoms with Crippen LogP contribution in [0.3, 0.4) is 0 Å². The van der Waals surface area contributed by atoms with Gasteiger partial charge >= 0.3 is 11.3 Å². The van der Waals surface area contributed by atoms with Gasteiger partial charge < -0.3 is 13.6 Å². The van der Waals surface area contributed by atoms with E-state index in [0.717, 1.165) is 0 Å². The van der Waals surface area contributed by atoms with Crippen molar-refractivity contribution in [2.45, 2.75) is 39.2 Å². The van der Waals surface area contributed by atoms with Crippen molar-refractivity contribution >= 4 is 11.0 Å². The Kier molecular flexibility index (Phi) is 2.21. The van der Waals surface area contributed by atoms with Crippen molar-refractivity contribution in [2.75, 3.05) is 0 Å². The van der Waals surface area contributed by atoms with Crippen LogP contribution in [0, 0.1) is 6.92 Å². The van der Waals surface area contributed by atoms with E-state index in [9.17, 15) is 9.59 Å². The number of rotatable bonds is 0. The average Bonchev–Trinajstić information content (AvgIpc) is 2.49. The summed E-state index contributed by atoms with van der Waals surface area (Å²) in [5.74, 6) is 0.548. The van der Waals surface area contributed by atoms with Gasteiger partial charge in [0.2, 0.25) is 0 Å². The van der Waals surface area contributed by atoms with Crippen molar-refractivity contribution in [2.24, 2.45) is 0 Å². The van der Waals surface area contributed by atoms with Gasteiger partial charge in [0.25, 0.3) is 0 Å². The van der Waals surface area contributed by atoms with Gasteiger partial charge in [0.15, 0.2) is 5.58 Å². The lowest BCUT2D eigenvalue weighted by molar-refractivity contribution is 0.117. The summed E-state index contributed by atoms with van der Waals surface area (Å²) in [6, 6.07) is 1.53. The quantitative estimate of drug-likeness (QED) is 0.728. The number of ether oxygens (including phenoxy) is 1. The summed E-state index contributed by atoms with van der Waals surface area (Å²) in [7, 11) is 0. The lowest BCUT2D eigenvalue weighted by atomic mass is 9.89. The third-order valence-corrected chi connectivity index (χ3v) is 3.77. The minimum Gasteiger partial charge on any atom is -0.486 e. The van der Waals surface area contributed by atoms with E-state index >= 15 is 0 Å². The van der Waals surface area contributed by atoms with Crippen LogP contribution >= 0.6 is 0 Å². The molecule has 1 aliphatic rings. The first-order valence-corrected chi connectivity index (χ1v) is 6.12. The molecule has 0 aliphatic carbocycles. The van der Waals surface area contributed by atoms with Crippen LogP contribution in [0.25, 0.3) is 11.0 Å². The minimum atomic E-state index is -0.553. The molecule has 1 atom stereocenters. The summed E-state index contributed by atoms with van der Waals surface area (Å²) in [4.78, 5) is 24.0. The summed E-state index contributed by atoms with van der Waals surface area (Å²) in [6.07, 6.45) is 0. The van der Waals surface area contributed by atoms with Crippen LogP contribution in [-0.4, -0.2) is 5.60 Å². The Labute approximate surface area is 108 Å². The fourth-order valence-electron chi connectivity index (χ4n) is 2.43. The molecule has 0 aromatic carbocycles. The first-order valence-electron chi connectivity index (χ1n) is 6.12. The highest BCUT2D eigenvalue weighted by Gasteiger charge is 2.42. The Hall–Kier alpha value is -2.04. The van der Waals surface area contributed by atoms with Crippen LogP contribution in [0.15, 0.2) is 24.5 Å². The third kappa shape index (κ3) is 1.54. The van der Waals surface area contributed by atoms with Crippen LogP contribution in [0.1, 0.15) is 38.0 Å². The van der Waals surface area contributed by atoms with Crippen molar-refractivity contribution in [3.05, 3.63) is 38.2 Å². The Morgan fingerprint density at radius 2 is 1.84 bits per heavy atom. The molecule has 0 N–H and O–H groups in total. The summed E-state index contributed by atoms with van der Waals surface area (Å²) >= 11 is 0. The zero-order valence-electron chi connectivity index (χ0n) is 11.2. The Morgan fingerprint density at radius 1 is 1.16 bits per heavy atom. The summed E-state index contributed by atoms with van der Waals surface area (Å²) in [5, 5.41) is 0.206. The smallest absolute Gasteiger partial charge is 0.350 e. The first-order chi connectivity index (χ1) is 8.81. The van der Waals surface area contributed by atoms with E-state index in [1.165, 1.54) is 6.07 Å². The van der Waals surface area contributed by atoms with E-state index < -0.39 is 16.9 Å². The van der Waals surface area contributed by atoms with Gasteiger partial charge in [0, 0.05) is 12.0 Å². The van der Waals surface area contributed by atoms with Gasteiger partial charge in [-0.05, 0) is 20.8 Å². The molecular weight excluding hydrogens is 248 g/mol. The SMILES string of the molecule is Cc1cc2oc(=O)c3c(c2c(=O)o1)OC(C)(C)C3C. The largest absolute Gasteiger partial charge is 0.486 e. The Bertz CT molecular complexity index is 794. The van der Waals surface area contributed by atoms with E-state index in [1.807, 2.05) is 20.8 Å². The Balaban J connectivity index is 2.50. The van der Waals surface area contributed by atoms with Gasteiger partial charge in [-0.25, -0.2) is 9.59 Å². The molecule has 0 radical (unpaired) electrons. The summed E-state index contributed by atoms with van der Waals surface area (Å²) in [6.45, 7) is 7.25. The zero-order chi connectivity index (χ0) is 13.9. The molecular formula is C14H14O5. The highest BCUT2D eigenvalue weighted by atomic mass is 16.5. The standard InChI is InChI=1S/C14H14O5/c1-6-5-8-10(13(16)17-6)11-9(12(15)18-8)7(2)14(3,4)19-11/h5,7H,1-4H3. The van der Waals surface area contributed by atoms with Gasteiger partial charge in [-0.3, -0.25) is 0 Å². The van der Waals surface area contributed by atoms with Crippen molar-refractivity contribution in [1.29, 1.82) is 0 Å². The van der Waals surface area contributed by atoms with Crippen LogP contribution in [0.5, 0.6) is 5.75 Å². The molecule has 0 saturated heterocycles. The molecule has 0 spiro atoms. The maximum atomic E-state index is 12.1. The van der Waals surface area contributed by atoms with Crippen LogP contribution < -0.4 is 16.0 Å². The molecule has 3 heterocycles. The zero-order valence-corrected chi connectivity index (χ0v) is 11.2. The molecule has 0 saturated carbocycles. The van der Waals surface area contributed by atoms with Crippen LogP contribution in [-0.2, 0) is 0 Å². The van der Waals surface area contributed by atoms with E-state index in [4.69, 9.17) is 13.6 Å². The van der Waals surface area contributed by atoms with E-state index in [1.54, 1.807) is 6.92 Å². The van der Waals surface area contributed by atoms with Gasteiger partial charge in [0.1, 0.15) is 22.5 Å². The summed E-state index contributed by atoms with van der Waals surface area (Å²) < 4.78 is 16.1. The molecule has 5 nitrogen and oxygen atoms in total. The lowest BCUT2D eigenvalue weighted by Gasteiger charge is -2.22. The average molecular weight is 262 g/mol. The maximum Gasteiger partial charge on any atom is 0.350 e. The second-order valence-electron chi connectivity index (χ2n) is 5.44. The fraction of sp³-hybridized carbons (Fsp3) is 0.429. The second-order valence-corrected chi connectivity index (χ2v) is 5.44. The van der Waals surface area contributed by atoms with Gasteiger partial charge in [-0.2, -0.15) is 0 Å². The van der Waals surface area contributed by atoms with Crippen molar-refractivity contribution in [3.63, 3.8) is 0 Å². The first kappa shape index (κ1) is 12.0. The molecule has 5 heteroatoms. The molecule has 1 unspecified atom stereocenters. The van der Waals surface area contributed by atoms with Gasteiger partial charge in [-0.15, -0.1) is 0 Å². The number of fused-ring (bicyclic) bond motifs is 3. The molecule has 0 bridgehead atoms. The number of aryl methyl sites for hydroxylation is 1. The molecule has 2 aromatic heterocycles. The van der Waals surface area contributed by atoms with Crippen molar-refractivity contribution in [3.8, 4) is 5.75 Å². The van der Waals surface area contributed by atoms with Crippen LogP contribution in [0.4, 0.5) is 0 Å². The minimum absolute atomic E-state index is 0.149. The fourth-order valence-corrected chi connectivity index (χ4v) is 2.43. The van der Waals surface area contributed by atoms with Gasteiger partial charge in [0.05, 0.1) is 5.56 Å². The monoisotopic (exact) mass is 262 g/mol. The predicted molar refractivity (Wildman–Crippen MR) is 68.9 cm³/mol. The Morgan fingerprint density at radius 3 is 2.53 bits per heavy atom. The van der Waals surface area contributed by atoms with Crippen molar-refractivity contribution in [1.82, 2.24) is 0 Å². The maximum absolute atomic E-state index is 12.1.